The fourth-order valence-corrected chi connectivity index (χ4v) is 3.72. The van der Waals surface area contributed by atoms with Crippen molar-refractivity contribution in [2.45, 2.75) is 41.6 Å². The molecule has 3 aromatic rings. The molecule has 5 nitrogen and oxygen atoms in total. The summed E-state index contributed by atoms with van der Waals surface area (Å²) in [6, 6.07) is 8.17. The number of thioether (sulfide) groups is 2. The van der Waals surface area contributed by atoms with Gasteiger partial charge in [-0.25, -0.2) is 14.4 Å². The van der Waals surface area contributed by atoms with Crippen LogP contribution < -0.4 is 0 Å². The zero-order valence-electron chi connectivity index (χ0n) is 14.0. The summed E-state index contributed by atoms with van der Waals surface area (Å²) in [5, 5.41) is 10.6. The number of aromatic nitrogens is 5. The number of hydrogen-bond acceptors (Lipinski definition) is 6. The first-order valence-electron chi connectivity index (χ1n) is 7.94. The third-order valence-corrected chi connectivity index (χ3v) is 5.62. The molecule has 25 heavy (non-hydrogen) atoms. The van der Waals surface area contributed by atoms with E-state index < -0.39 is 0 Å². The first-order chi connectivity index (χ1) is 12.2. The van der Waals surface area contributed by atoms with Crippen LogP contribution in [0.3, 0.4) is 0 Å². The highest BCUT2D eigenvalue weighted by atomic mass is 32.2. The van der Waals surface area contributed by atoms with Crippen LogP contribution in [0.4, 0.5) is 4.39 Å². The van der Waals surface area contributed by atoms with Crippen LogP contribution in [-0.2, 0) is 5.75 Å². The summed E-state index contributed by atoms with van der Waals surface area (Å²) in [6.07, 6.45) is 4.46. The molecule has 0 saturated carbocycles. The Morgan fingerprint density at radius 2 is 1.84 bits per heavy atom. The van der Waals surface area contributed by atoms with E-state index >= 15 is 0 Å². The van der Waals surface area contributed by atoms with E-state index in [1.807, 2.05) is 4.57 Å². The first-order valence-corrected chi connectivity index (χ1v) is 9.80. The van der Waals surface area contributed by atoms with E-state index in [0.29, 0.717) is 16.2 Å². The van der Waals surface area contributed by atoms with Crippen molar-refractivity contribution in [1.29, 1.82) is 0 Å². The molecular formula is C17H18FN5S2. The smallest absolute Gasteiger partial charge is 0.196 e. The van der Waals surface area contributed by atoms with Gasteiger partial charge in [0.1, 0.15) is 11.6 Å². The summed E-state index contributed by atoms with van der Waals surface area (Å²) in [7, 11) is 0. The van der Waals surface area contributed by atoms with Gasteiger partial charge in [-0.15, -0.1) is 10.2 Å². The van der Waals surface area contributed by atoms with Crippen LogP contribution in [0, 0.1) is 5.82 Å². The van der Waals surface area contributed by atoms with Crippen molar-refractivity contribution in [2.24, 2.45) is 0 Å². The third kappa shape index (κ3) is 4.58. The monoisotopic (exact) mass is 375 g/mol. The van der Waals surface area contributed by atoms with E-state index in [4.69, 9.17) is 0 Å². The van der Waals surface area contributed by atoms with Crippen LogP contribution in [0.25, 0.3) is 5.69 Å². The second kappa shape index (κ2) is 8.44. The fraction of sp³-hybridized carbons (Fsp3) is 0.294. The van der Waals surface area contributed by atoms with Crippen molar-refractivity contribution in [1.82, 2.24) is 24.7 Å². The van der Waals surface area contributed by atoms with Crippen LogP contribution in [-0.4, -0.2) is 30.0 Å². The molecule has 0 fully saturated rings. The first kappa shape index (κ1) is 17.9. The van der Waals surface area contributed by atoms with Crippen LogP contribution in [0.2, 0.25) is 0 Å². The van der Waals surface area contributed by atoms with E-state index in [2.05, 4.69) is 34.0 Å². The summed E-state index contributed by atoms with van der Waals surface area (Å²) in [6.45, 7) is 4.29. The lowest BCUT2D eigenvalue weighted by atomic mass is 10.3. The molecular weight excluding hydrogens is 357 g/mol. The van der Waals surface area contributed by atoms with E-state index in [1.165, 1.54) is 23.9 Å². The molecule has 1 atom stereocenters. The topological polar surface area (TPSA) is 56.5 Å². The van der Waals surface area contributed by atoms with Crippen LogP contribution >= 0.6 is 23.5 Å². The minimum Gasteiger partial charge on any atom is -0.273 e. The number of rotatable bonds is 7. The van der Waals surface area contributed by atoms with Gasteiger partial charge in [-0.1, -0.05) is 37.4 Å². The van der Waals surface area contributed by atoms with Crippen LogP contribution in [0.1, 0.15) is 26.1 Å². The normalized spacial score (nSPS) is 12.3. The van der Waals surface area contributed by atoms with Gasteiger partial charge in [0.25, 0.3) is 0 Å². The molecule has 0 radical (unpaired) electrons. The van der Waals surface area contributed by atoms with Crippen LogP contribution in [0.15, 0.2) is 53.0 Å². The van der Waals surface area contributed by atoms with Gasteiger partial charge in [-0.2, -0.15) is 0 Å². The molecule has 0 saturated heterocycles. The van der Waals surface area contributed by atoms with Gasteiger partial charge in [0, 0.05) is 23.3 Å². The van der Waals surface area contributed by atoms with Gasteiger partial charge in [0.15, 0.2) is 10.3 Å². The molecule has 0 spiro atoms. The minimum atomic E-state index is -0.262. The lowest BCUT2D eigenvalue weighted by Crippen LogP contribution is -2.04. The number of nitrogens with zero attached hydrogens (tertiary/aromatic N) is 5. The van der Waals surface area contributed by atoms with Gasteiger partial charge < -0.3 is 0 Å². The lowest BCUT2D eigenvalue weighted by molar-refractivity contribution is 0.627. The van der Waals surface area contributed by atoms with Crippen molar-refractivity contribution in [3.8, 4) is 5.69 Å². The van der Waals surface area contributed by atoms with E-state index in [1.54, 1.807) is 42.4 Å². The van der Waals surface area contributed by atoms with Crippen LogP contribution in [0.5, 0.6) is 0 Å². The average Bonchev–Trinajstić information content (AvgIpc) is 3.04. The summed E-state index contributed by atoms with van der Waals surface area (Å²) in [5.41, 5.74) is 0.849. The zero-order chi connectivity index (χ0) is 17.6. The van der Waals surface area contributed by atoms with Crippen molar-refractivity contribution in [3.05, 3.63) is 54.4 Å². The molecule has 0 aliphatic rings. The Balaban J connectivity index is 1.90. The molecule has 0 aliphatic carbocycles. The fourth-order valence-electron chi connectivity index (χ4n) is 2.07. The summed E-state index contributed by atoms with van der Waals surface area (Å²) >= 11 is 3.16. The summed E-state index contributed by atoms with van der Waals surface area (Å²) in [4.78, 5) is 8.43. The Hall–Kier alpha value is -1.93. The molecule has 8 heteroatoms. The number of halogens is 1. The highest BCUT2D eigenvalue weighted by molar-refractivity contribution is 7.99. The second-order valence-corrected chi connectivity index (χ2v) is 7.72. The highest BCUT2D eigenvalue weighted by Gasteiger charge is 2.17. The minimum absolute atomic E-state index is 0.262. The van der Waals surface area contributed by atoms with Crippen molar-refractivity contribution >= 4 is 23.5 Å². The van der Waals surface area contributed by atoms with Gasteiger partial charge in [-0.3, -0.25) is 4.57 Å². The predicted molar refractivity (Wildman–Crippen MR) is 98.5 cm³/mol. The molecule has 0 aliphatic heterocycles. The maximum absolute atomic E-state index is 13.3. The molecule has 0 amide bonds. The molecule has 130 valence electrons. The van der Waals surface area contributed by atoms with Gasteiger partial charge >= 0.3 is 0 Å². The SMILES string of the molecule is CC[C@H](C)Sc1nnc(CSc2ncccn2)n1-c1ccc(F)cc1. The van der Waals surface area contributed by atoms with Gasteiger partial charge in [0.05, 0.1) is 5.75 Å². The van der Waals surface area contributed by atoms with E-state index in [-0.39, 0.29) is 5.82 Å². The molecule has 2 aromatic heterocycles. The van der Waals surface area contributed by atoms with Gasteiger partial charge in [-0.05, 0) is 36.8 Å². The maximum Gasteiger partial charge on any atom is 0.196 e. The Morgan fingerprint density at radius 3 is 2.52 bits per heavy atom. The average molecular weight is 375 g/mol. The summed E-state index contributed by atoms with van der Waals surface area (Å²) < 4.78 is 15.3. The predicted octanol–water partition coefficient (Wildman–Crippen LogP) is 4.38. The number of hydrogen-bond donors (Lipinski definition) is 0. The molecule has 0 N–H and O–H groups in total. The quantitative estimate of drug-likeness (QED) is 0.451. The molecule has 2 heterocycles. The van der Waals surface area contributed by atoms with Crippen molar-refractivity contribution in [3.63, 3.8) is 0 Å². The Bertz CT molecular complexity index is 808. The van der Waals surface area contributed by atoms with Crippen molar-refractivity contribution < 1.29 is 4.39 Å². The lowest BCUT2D eigenvalue weighted by Gasteiger charge is -2.12. The maximum atomic E-state index is 13.3. The summed E-state index contributed by atoms with van der Waals surface area (Å²) in [5.74, 6) is 1.10. The Labute approximate surface area is 154 Å². The molecule has 0 bridgehead atoms. The highest BCUT2D eigenvalue weighted by Crippen LogP contribution is 2.29. The molecule has 0 unspecified atom stereocenters. The van der Waals surface area contributed by atoms with Gasteiger partial charge in [0.2, 0.25) is 0 Å². The molecule has 3 rings (SSSR count). The number of benzene rings is 1. The molecule has 1 aromatic carbocycles. The van der Waals surface area contributed by atoms with E-state index in [0.717, 1.165) is 23.1 Å². The zero-order valence-corrected chi connectivity index (χ0v) is 15.6. The van der Waals surface area contributed by atoms with E-state index in [9.17, 15) is 4.39 Å². The standard InChI is InChI=1S/C17H18FN5S2/c1-3-12(2)25-17-22-21-15(11-24-16-19-9-4-10-20-16)23(17)14-7-5-13(18)6-8-14/h4-10,12H,3,11H2,1-2H3/t12-/m0/s1. The van der Waals surface area contributed by atoms with Crippen molar-refractivity contribution in [2.75, 3.05) is 0 Å². The second-order valence-electron chi connectivity index (χ2n) is 5.37. The largest absolute Gasteiger partial charge is 0.273 e. The Morgan fingerprint density at radius 1 is 1.12 bits per heavy atom. The Kier molecular flexibility index (Phi) is 6.04. The third-order valence-electron chi connectivity index (χ3n) is 3.54.